The first-order valence-electron chi connectivity index (χ1n) is 5.11. The molecule has 0 aliphatic heterocycles. The van der Waals surface area contributed by atoms with Gasteiger partial charge in [-0.3, -0.25) is 9.78 Å². The summed E-state index contributed by atoms with van der Waals surface area (Å²) < 4.78 is 4.87. The molecule has 0 saturated heterocycles. The molecule has 0 saturated carbocycles. The molecule has 0 aliphatic rings. The Hall–Kier alpha value is -1.46. The van der Waals surface area contributed by atoms with E-state index in [4.69, 9.17) is 9.84 Å². The van der Waals surface area contributed by atoms with Gasteiger partial charge in [0.25, 0.3) is 5.91 Å². The molecule has 2 N–H and O–H groups in total. The predicted octanol–water partition coefficient (Wildman–Crippen LogP) is 0.340. The maximum absolute atomic E-state index is 11.6. The zero-order chi connectivity index (χ0) is 11.8. The van der Waals surface area contributed by atoms with Crippen molar-refractivity contribution in [2.24, 2.45) is 0 Å². The minimum atomic E-state index is -0.162. The highest BCUT2D eigenvalue weighted by Gasteiger charge is 2.05. The lowest BCUT2D eigenvalue weighted by atomic mass is 10.2. The number of hydrogen-bond acceptors (Lipinski definition) is 4. The van der Waals surface area contributed by atoms with Crippen LogP contribution in [0.25, 0.3) is 0 Å². The largest absolute Gasteiger partial charge is 0.390 e. The molecule has 0 unspecified atom stereocenters. The SMILES string of the molecule is COCCCNC(=O)c1ccnc(CO)c1. The Morgan fingerprint density at radius 1 is 1.62 bits per heavy atom. The van der Waals surface area contributed by atoms with Crippen molar-refractivity contribution in [3.05, 3.63) is 29.6 Å². The van der Waals surface area contributed by atoms with Crippen LogP contribution in [-0.4, -0.2) is 36.3 Å². The standard InChI is InChI=1S/C11H16N2O3/c1-16-6-2-4-13-11(15)9-3-5-12-10(7-9)8-14/h3,5,7,14H,2,4,6,8H2,1H3,(H,13,15). The van der Waals surface area contributed by atoms with E-state index in [-0.39, 0.29) is 12.5 Å². The minimum Gasteiger partial charge on any atom is -0.390 e. The van der Waals surface area contributed by atoms with E-state index in [1.165, 1.54) is 6.20 Å². The molecule has 1 aromatic rings. The maximum atomic E-state index is 11.6. The molecule has 0 aliphatic carbocycles. The molecule has 0 atom stereocenters. The number of nitrogens with zero attached hydrogens (tertiary/aromatic N) is 1. The molecule has 0 bridgehead atoms. The Morgan fingerprint density at radius 3 is 3.12 bits per heavy atom. The van der Waals surface area contributed by atoms with Gasteiger partial charge in [-0.1, -0.05) is 0 Å². The van der Waals surface area contributed by atoms with Crippen LogP contribution >= 0.6 is 0 Å². The Balaban J connectivity index is 2.46. The quantitative estimate of drug-likeness (QED) is 0.683. The van der Waals surface area contributed by atoms with Crippen LogP contribution in [0.2, 0.25) is 0 Å². The molecule has 1 amide bonds. The van der Waals surface area contributed by atoms with Crippen LogP contribution in [0.3, 0.4) is 0 Å². The normalized spacial score (nSPS) is 10.1. The van der Waals surface area contributed by atoms with Gasteiger partial charge in [-0.05, 0) is 18.6 Å². The Bertz CT molecular complexity index is 342. The van der Waals surface area contributed by atoms with Crippen LogP contribution < -0.4 is 5.32 Å². The summed E-state index contributed by atoms with van der Waals surface area (Å²) in [6.45, 7) is 1.03. The molecule has 88 valence electrons. The fraction of sp³-hybridized carbons (Fsp3) is 0.455. The monoisotopic (exact) mass is 224 g/mol. The second-order valence-corrected chi connectivity index (χ2v) is 3.30. The van der Waals surface area contributed by atoms with E-state index in [2.05, 4.69) is 10.3 Å². The van der Waals surface area contributed by atoms with Crippen molar-refractivity contribution in [1.82, 2.24) is 10.3 Å². The summed E-state index contributed by atoms with van der Waals surface area (Å²) in [5.74, 6) is -0.159. The van der Waals surface area contributed by atoms with Gasteiger partial charge in [0.2, 0.25) is 0 Å². The van der Waals surface area contributed by atoms with Crippen LogP contribution in [0.1, 0.15) is 22.5 Å². The molecule has 5 heteroatoms. The van der Waals surface area contributed by atoms with Gasteiger partial charge in [0.05, 0.1) is 12.3 Å². The summed E-state index contributed by atoms with van der Waals surface area (Å²) in [6, 6.07) is 3.19. The lowest BCUT2D eigenvalue weighted by Crippen LogP contribution is -2.25. The van der Waals surface area contributed by atoms with Crippen molar-refractivity contribution >= 4 is 5.91 Å². The molecular formula is C11H16N2O3. The molecule has 1 rings (SSSR count). The number of aromatic nitrogens is 1. The number of aliphatic hydroxyl groups excluding tert-OH is 1. The molecule has 16 heavy (non-hydrogen) atoms. The first-order chi connectivity index (χ1) is 7.77. The molecular weight excluding hydrogens is 208 g/mol. The summed E-state index contributed by atoms with van der Waals surface area (Å²) in [4.78, 5) is 15.5. The number of ether oxygens (including phenoxy) is 1. The smallest absolute Gasteiger partial charge is 0.251 e. The van der Waals surface area contributed by atoms with Crippen molar-refractivity contribution in [2.45, 2.75) is 13.0 Å². The van der Waals surface area contributed by atoms with E-state index in [0.717, 1.165) is 6.42 Å². The third-order valence-corrected chi connectivity index (χ3v) is 2.05. The van der Waals surface area contributed by atoms with Gasteiger partial charge >= 0.3 is 0 Å². The third-order valence-electron chi connectivity index (χ3n) is 2.05. The first kappa shape index (κ1) is 12.6. The molecule has 1 heterocycles. The number of carbonyl (C=O) groups is 1. The minimum absolute atomic E-state index is 0.159. The number of hydrogen-bond donors (Lipinski definition) is 2. The number of carbonyl (C=O) groups excluding carboxylic acids is 1. The van der Waals surface area contributed by atoms with E-state index in [1.54, 1.807) is 19.2 Å². The highest BCUT2D eigenvalue weighted by atomic mass is 16.5. The van der Waals surface area contributed by atoms with Gasteiger partial charge in [0, 0.05) is 32.0 Å². The van der Waals surface area contributed by atoms with Crippen LogP contribution in [0.15, 0.2) is 18.3 Å². The van der Waals surface area contributed by atoms with Crippen molar-refractivity contribution in [1.29, 1.82) is 0 Å². The number of pyridine rings is 1. The average molecular weight is 224 g/mol. The Labute approximate surface area is 94.5 Å². The average Bonchev–Trinajstić information content (AvgIpc) is 2.34. The zero-order valence-electron chi connectivity index (χ0n) is 9.27. The van der Waals surface area contributed by atoms with Crippen LogP contribution in [0.4, 0.5) is 0 Å². The van der Waals surface area contributed by atoms with Crippen molar-refractivity contribution in [3.63, 3.8) is 0 Å². The van der Waals surface area contributed by atoms with Crippen molar-refractivity contribution < 1.29 is 14.6 Å². The lowest BCUT2D eigenvalue weighted by Gasteiger charge is -2.05. The number of aliphatic hydroxyl groups is 1. The molecule has 0 spiro atoms. The van der Waals surface area contributed by atoms with Gasteiger partial charge in [-0.15, -0.1) is 0 Å². The number of rotatable bonds is 6. The van der Waals surface area contributed by atoms with Gasteiger partial charge in [-0.2, -0.15) is 0 Å². The van der Waals surface area contributed by atoms with Crippen molar-refractivity contribution in [3.8, 4) is 0 Å². The summed E-state index contributed by atoms with van der Waals surface area (Å²) in [6.07, 6.45) is 2.29. The molecule has 0 radical (unpaired) electrons. The van der Waals surface area contributed by atoms with Crippen LogP contribution in [0, 0.1) is 0 Å². The number of amides is 1. The molecule has 5 nitrogen and oxygen atoms in total. The topological polar surface area (TPSA) is 71.5 Å². The van der Waals surface area contributed by atoms with E-state index in [1.807, 2.05) is 0 Å². The van der Waals surface area contributed by atoms with Gasteiger partial charge in [-0.25, -0.2) is 0 Å². The fourth-order valence-corrected chi connectivity index (χ4v) is 1.23. The van der Waals surface area contributed by atoms with E-state index >= 15 is 0 Å². The zero-order valence-corrected chi connectivity index (χ0v) is 9.27. The summed E-state index contributed by atoms with van der Waals surface area (Å²) >= 11 is 0. The summed E-state index contributed by atoms with van der Waals surface area (Å²) in [5, 5.41) is 11.6. The van der Waals surface area contributed by atoms with Crippen LogP contribution in [-0.2, 0) is 11.3 Å². The van der Waals surface area contributed by atoms with Gasteiger partial charge in [0.15, 0.2) is 0 Å². The van der Waals surface area contributed by atoms with Crippen molar-refractivity contribution in [2.75, 3.05) is 20.3 Å². The first-order valence-corrected chi connectivity index (χ1v) is 5.11. The van der Waals surface area contributed by atoms with Gasteiger partial charge < -0.3 is 15.2 Å². The summed E-state index contributed by atoms with van der Waals surface area (Å²) in [7, 11) is 1.62. The number of methoxy groups -OCH3 is 1. The van der Waals surface area contributed by atoms with E-state index in [9.17, 15) is 4.79 Å². The highest BCUT2D eigenvalue weighted by Crippen LogP contribution is 2.01. The third kappa shape index (κ3) is 3.96. The fourth-order valence-electron chi connectivity index (χ4n) is 1.23. The van der Waals surface area contributed by atoms with Gasteiger partial charge in [0.1, 0.15) is 0 Å². The van der Waals surface area contributed by atoms with E-state index in [0.29, 0.717) is 24.4 Å². The molecule has 0 fully saturated rings. The summed E-state index contributed by atoms with van der Waals surface area (Å²) in [5.41, 5.74) is 1.00. The number of nitrogens with one attached hydrogen (secondary N) is 1. The Morgan fingerprint density at radius 2 is 2.44 bits per heavy atom. The maximum Gasteiger partial charge on any atom is 0.251 e. The molecule has 1 aromatic heterocycles. The second kappa shape index (κ2) is 6.92. The highest BCUT2D eigenvalue weighted by molar-refractivity contribution is 5.94. The lowest BCUT2D eigenvalue weighted by molar-refractivity contribution is 0.0948. The second-order valence-electron chi connectivity index (χ2n) is 3.30. The Kier molecular flexibility index (Phi) is 5.45. The molecule has 0 aromatic carbocycles. The van der Waals surface area contributed by atoms with Crippen LogP contribution in [0.5, 0.6) is 0 Å². The predicted molar refractivity (Wildman–Crippen MR) is 59.0 cm³/mol. The van der Waals surface area contributed by atoms with E-state index < -0.39 is 0 Å².